The van der Waals surface area contributed by atoms with Gasteiger partial charge in [-0.1, -0.05) is 23.8 Å². The SMILES string of the molecule is COC(=O)Cc1c(-c2ccc(C)cc2C)oc2cc(O)c3c(=O)c(O)c(-c4ccc(O)c(O)c4)oc3c12. The van der Waals surface area contributed by atoms with Crippen molar-refractivity contribution in [2.45, 2.75) is 20.3 Å². The van der Waals surface area contributed by atoms with E-state index in [4.69, 9.17) is 13.6 Å². The Hall–Kier alpha value is -4.92. The standard InChI is InChI=1S/C28H22O9/c1-12-4-6-15(13(2)8-12)27-16(10-21(32)35-3)22-20(36-27)11-19(31)23-24(33)25(34)26(37-28(22)23)14-5-7-17(29)18(30)9-14/h4-9,11,29-31,34H,10H2,1-3H3. The normalized spacial score (nSPS) is 11.3. The van der Waals surface area contributed by atoms with Crippen molar-refractivity contribution in [1.29, 1.82) is 0 Å². The summed E-state index contributed by atoms with van der Waals surface area (Å²) in [6.07, 6.45) is -0.230. The van der Waals surface area contributed by atoms with Crippen LogP contribution in [0, 0.1) is 13.8 Å². The zero-order valence-electron chi connectivity index (χ0n) is 20.1. The molecule has 0 radical (unpaired) electrons. The Balaban J connectivity index is 1.93. The Morgan fingerprint density at radius 2 is 1.62 bits per heavy atom. The highest BCUT2D eigenvalue weighted by atomic mass is 16.5. The van der Waals surface area contributed by atoms with Crippen LogP contribution in [0.5, 0.6) is 23.0 Å². The number of hydrogen-bond acceptors (Lipinski definition) is 9. The number of aromatic hydroxyl groups is 4. The van der Waals surface area contributed by atoms with Crippen molar-refractivity contribution in [3.8, 4) is 45.6 Å². The summed E-state index contributed by atoms with van der Waals surface area (Å²) in [5, 5.41) is 40.9. The van der Waals surface area contributed by atoms with E-state index in [1.54, 1.807) is 0 Å². The number of carbonyl (C=O) groups is 1. The van der Waals surface area contributed by atoms with Gasteiger partial charge in [0.05, 0.1) is 18.9 Å². The smallest absolute Gasteiger partial charge is 0.310 e. The van der Waals surface area contributed by atoms with Crippen LogP contribution < -0.4 is 5.43 Å². The summed E-state index contributed by atoms with van der Waals surface area (Å²) in [5.74, 6) is -2.73. The molecule has 0 aliphatic carbocycles. The van der Waals surface area contributed by atoms with Crippen LogP contribution in [0.2, 0.25) is 0 Å². The Morgan fingerprint density at radius 1 is 0.865 bits per heavy atom. The number of rotatable bonds is 4. The number of ether oxygens (including phenoxy) is 1. The summed E-state index contributed by atoms with van der Waals surface area (Å²) < 4.78 is 17.0. The first-order valence-electron chi connectivity index (χ1n) is 11.2. The summed E-state index contributed by atoms with van der Waals surface area (Å²) in [4.78, 5) is 25.6. The predicted octanol–water partition coefficient (Wildman–Crippen LogP) is 5.03. The van der Waals surface area contributed by atoms with Crippen LogP contribution in [0.1, 0.15) is 16.7 Å². The maximum atomic E-state index is 13.2. The van der Waals surface area contributed by atoms with Crippen molar-refractivity contribution in [3.63, 3.8) is 0 Å². The van der Waals surface area contributed by atoms with Gasteiger partial charge in [0.2, 0.25) is 11.2 Å². The van der Waals surface area contributed by atoms with Gasteiger partial charge < -0.3 is 34.0 Å². The minimum absolute atomic E-state index is 0.0934. The number of carbonyl (C=O) groups excluding carboxylic acids is 1. The van der Waals surface area contributed by atoms with Crippen LogP contribution in [-0.4, -0.2) is 33.5 Å². The van der Waals surface area contributed by atoms with Crippen molar-refractivity contribution >= 4 is 27.9 Å². The van der Waals surface area contributed by atoms with Crippen LogP contribution in [-0.2, 0) is 16.0 Å². The second kappa shape index (κ2) is 8.63. The molecule has 0 bridgehead atoms. The van der Waals surface area contributed by atoms with Gasteiger partial charge in [-0.05, 0) is 37.6 Å². The van der Waals surface area contributed by atoms with Crippen LogP contribution in [0.15, 0.2) is 56.1 Å². The number of phenolic OH excluding ortho intramolecular Hbond substituents is 3. The van der Waals surface area contributed by atoms with Crippen LogP contribution in [0.3, 0.4) is 0 Å². The average molecular weight is 502 g/mol. The fourth-order valence-electron chi connectivity index (χ4n) is 4.50. The fourth-order valence-corrected chi connectivity index (χ4v) is 4.50. The zero-order valence-corrected chi connectivity index (χ0v) is 20.1. The molecular weight excluding hydrogens is 480 g/mol. The lowest BCUT2D eigenvalue weighted by Crippen LogP contribution is -2.06. The molecule has 2 aromatic heterocycles. The number of methoxy groups -OCH3 is 1. The Labute approximate surface area is 209 Å². The first-order chi connectivity index (χ1) is 17.6. The van der Waals surface area contributed by atoms with Gasteiger partial charge in [-0.25, -0.2) is 0 Å². The zero-order chi connectivity index (χ0) is 26.6. The Morgan fingerprint density at radius 3 is 2.30 bits per heavy atom. The van der Waals surface area contributed by atoms with Gasteiger partial charge in [-0.15, -0.1) is 0 Å². The number of hydrogen-bond donors (Lipinski definition) is 4. The molecular formula is C28H22O9. The molecule has 0 amide bonds. The highest BCUT2D eigenvalue weighted by Crippen LogP contribution is 2.44. The number of phenols is 3. The van der Waals surface area contributed by atoms with E-state index in [0.29, 0.717) is 16.9 Å². The highest BCUT2D eigenvalue weighted by Gasteiger charge is 2.27. The van der Waals surface area contributed by atoms with Crippen molar-refractivity contribution in [1.82, 2.24) is 0 Å². The number of aryl methyl sites for hydroxylation is 2. The predicted molar refractivity (Wildman–Crippen MR) is 135 cm³/mol. The summed E-state index contributed by atoms with van der Waals surface area (Å²) in [7, 11) is 1.25. The van der Waals surface area contributed by atoms with Gasteiger partial charge in [0, 0.05) is 22.8 Å². The van der Waals surface area contributed by atoms with E-state index in [2.05, 4.69) is 0 Å². The molecule has 0 saturated carbocycles. The first kappa shape index (κ1) is 23.8. The molecule has 188 valence electrons. The third-order valence-electron chi connectivity index (χ3n) is 6.29. The summed E-state index contributed by atoms with van der Waals surface area (Å²) in [6.45, 7) is 3.83. The average Bonchev–Trinajstić information content (AvgIpc) is 3.20. The number of esters is 1. The van der Waals surface area contributed by atoms with E-state index in [9.17, 15) is 30.0 Å². The minimum Gasteiger partial charge on any atom is -0.507 e. The Kier molecular flexibility index (Phi) is 5.55. The molecule has 0 atom stereocenters. The van der Waals surface area contributed by atoms with Crippen molar-refractivity contribution in [2.24, 2.45) is 0 Å². The van der Waals surface area contributed by atoms with Crippen LogP contribution >= 0.6 is 0 Å². The molecule has 4 N–H and O–H groups in total. The molecule has 9 nitrogen and oxygen atoms in total. The van der Waals surface area contributed by atoms with Crippen LogP contribution in [0.4, 0.5) is 0 Å². The third kappa shape index (κ3) is 3.81. The molecule has 0 saturated heterocycles. The fraction of sp³-hybridized carbons (Fsp3) is 0.143. The van der Waals surface area contributed by atoms with Gasteiger partial charge in [-0.2, -0.15) is 0 Å². The van der Waals surface area contributed by atoms with E-state index in [0.717, 1.165) is 17.2 Å². The minimum atomic E-state index is -0.929. The summed E-state index contributed by atoms with van der Waals surface area (Å²) in [6, 6.07) is 10.5. The number of benzene rings is 3. The summed E-state index contributed by atoms with van der Waals surface area (Å²) in [5.41, 5.74) is 2.14. The molecule has 37 heavy (non-hydrogen) atoms. The van der Waals surface area contributed by atoms with Gasteiger partial charge in [0.1, 0.15) is 22.5 Å². The van der Waals surface area contributed by atoms with Crippen molar-refractivity contribution < 1.29 is 38.8 Å². The van der Waals surface area contributed by atoms with Gasteiger partial charge in [0.15, 0.2) is 22.8 Å². The highest BCUT2D eigenvalue weighted by molar-refractivity contribution is 6.10. The van der Waals surface area contributed by atoms with Gasteiger partial charge >= 0.3 is 5.97 Å². The molecule has 9 heteroatoms. The molecule has 3 aromatic carbocycles. The quantitative estimate of drug-likeness (QED) is 0.196. The largest absolute Gasteiger partial charge is 0.507 e. The molecule has 5 aromatic rings. The molecule has 5 rings (SSSR count). The number of furan rings is 1. The van der Waals surface area contributed by atoms with E-state index in [-0.39, 0.29) is 39.7 Å². The number of fused-ring (bicyclic) bond motifs is 3. The van der Waals surface area contributed by atoms with E-state index in [1.165, 1.54) is 25.3 Å². The molecule has 2 heterocycles. The molecule has 0 fully saturated rings. The van der Waals surface area contributed by atoms with Gasteiger partial charge in [0.25, 0.3) is 0 Å². The van der Waals surface area contributed by atoms with Gasteiger partial charge in [-0.3, -0.25) is 9.59 Å². The lowest BCUT2D eigenvalue weighted by atomic mass is 9.97. The molecule has 0 aliphatic heterocycles. The Bertz CT molecular complexity index is 1790. The second-order valence-corrected chi connectivity index (χ2v) is 8.77. The topological polar surface area (TPSA) is 151 Å². The molecule has 0 spiro atoms. The lowest BCUT2D eigenvalue weighted by Gasteiger charge is -2.10. The van der Waals surface area contributed by atoms with Crippen molar-refractivity contribution in [2.75, 3.05) is 7.11 Å². The lowest BCUT2D eigenvalue weighted by molar-refractivity contribution is -0.139. The maximum Gasteiger partial charge on any atom is 0.310 e. The monoisotopic (exact) mass is 502 g/mol. The molecule has 0 aliphatic rings. The van der Waals surface area contributed by atoms with E-state index < -0.39 is 34.4 Å². The summed E-state index contributed by atoms with van der Waals surface area (Å²) >= 11 is 0. The van der Waals surface area contributed by atoms with E-state index >= 15 is 0 Å². The molecule has 0 unspecified atom stereocenters. The third-order valence-corrected chi connectivity index (χ3v) is 6.29. The maximum absolute atomic E-state index is 13.2. The first-order valence-corrected chi connectivity index (χ1v) is 11.2. The van der Waals surface area contributed by atoms with Crippen molar-refractivity contribution in [3.05, 3.63) is 69.4 Å². The van der Waals surface area contributed by atoms with Crippen LogP contribution in [0.25, 0.3) is 44.6 Å². The second-order valence-electron chi connectivity index (χ2n) is 8.77. The van der Waals surface area contributed by atoms with E-state index in [1.807, 2.05) is 32.0 Å².